The van der Waals surface area contributed by atoms with Gasteiger partial charge in [0.25, 0.3) is 0 Å². The molecular weight excluding hydrogens is 226 g/mol. The third-order valence-corrected chi connectivity index (χ3v) is 2.23. The molecule has 0 unspecified atom stereocenters. The first-order valence-corrected chi connectivity index (χ1v) is 6.08. The van der Waals surface area contributed by atoms with Crippen LogP contribution in [0.3, 0.4) is 0 Å². The van der Waals surface area contributed by atoms with Gasteiger partial charge in [-0.1, -0.05) is 0 Å². The molecule has 1 heterocycles. The Kier molecular flexibility index (Phi) is 5.93. The number of hydrogen-bond acceptors (Lipinski definition) is 4. The van der Waals surface area contributed by atoms with E-state index in [1.165, 1.54) is 0 Å². The lowest BCUT2D eigenvalue weighted by molar-refractivity contribution is 0.326. The Bertz CT molecular complexity index is 320. The number of anilines is 1. The molecular formula is C11H18ClN3O. The van der Waals surface area contributed by atoms with Crippen LogP contribution in [0.25, 0.3) is 0 Å². The lowest BCUT2D eigenvalue weighted by atomic mass is 10.3. The molecule has 0 radical (unpaired) electrons. The molecule has 0 saturated heterocycles. The Morgan fingerprint density at radius 1 is 1.38 bits per heavy atom. The van der Waals surface area contributed by atoms with E-state index in [1.54, 1.807) is 0 Å². The SMILES string of the molecule is CCOc1cc(C)nc(NCCCCCl)n1. The largest absolute Gasteiger partial charge is 0.478 e. The van der Waals surface area contributed by atoms with Crippen molar-refractivity contribution in [2.24, 2.45) is 0 Å². The number of halogens is 1. The average Bonchev–Trinajstić information content (AvgIpc) is 2.24. The highest BCUT2D eigenvalue weighted by molar-refractivity contribution is 6.17. The summed E-state index contributed by atoms with van der Waals surface area (Å²) in [6.45, 7) is 5.31. The molecule has 4 nitrogen and oxygen atoms in total. The Morgan fingerprint density at radius 3 is 2.88 bits per heavy atom. The summed E-state index contributed by atoms with van der Waals surface area (Å²) in [7, 11) is 0. The molecule has 0 saturated carbocycles. The minimum Gasteiger partial charge on any atom is -0.478 e. The third-order valence-electron chi connectivity index (χ3n) is 1.97. The van der Waals surface area contributed by atoms with Crippen LogP contribution in [0.1, 0.15) is 25.5 Å². The zero-order valence-electron chi connectivity index (χ0n) is 9.79. The van der Waals surface area contributed by atoms with Crippen LogP contribution in [-0.2, 0) is 0 Å². The number of rotatable bonds is 7. The van der Waals surface area contributed by atoms with Crippen LogP contribution in [0.2, 0.25) is 0 Å². The monoisotopic (exact) mass is 243 g/mol. The zero-order valence-corrected chi connectivity index (χ0v) is 10.5. The van der Waals surface area contributed by atoms with E-state index in [-0.39, 0.29) is 0 Å². The van der Waals surface area contributed by atoms with E-state index in [9.17, 15) is 0 Å². The molecule has 0 amide bonds. The highest BCUT2D eigenvalue weighted by Gasteiger charge is 2.01. The van der Waals surface area contributed by atoms with Crippen LogP contribution in [-0.4, -0.2) is 29.0 Å². The van der Waals surface area contributed by atoms with Gasteiger partial charge in [-0.05, 0) is 26.7 Å². The topological polar surface area (TPSA) is 47.0 Å². The second-order valence-corrected chi connectivity index (χ2v) is 3.81. The fourth-order valence-electron chi connectivity index (χ4n) is 1.26. The molecule has 0 bridgehead atoms. The zero-order chi connectivity index (χ0) is 11.8. The third kappa shape index (κ3) is 4.66. The van der Waals surface area contributed by atoms with Gasteiger partial charge in [-0.2, -0.15) is 4.98 Å². The first kappa shape index (κ1) is 13.0. The number of nitrogens with zero attached hydrogens (tertiary/aromatic N) is 2. The van der Waals surface area contributed by atoms with Crippen LogP contribution in [0.15, 0.2) is 6.07 Å². The fourth-order valence-corrected chi connectivity index (χ4v) is 1.45. The lowest BCUT2D eigenvalue weighted by Crippen LogP contribution is -2.07. The van der Waals surface area contributed by atoms with Crippen molar-refractivity contribution in [3.05, 3.63) is 11.8 Å². The molecule has 0 aliphatic heterocycles. The van der Waals surface area contributed by atoms with Crippen LogP contribution in [0, 0.1) is 6.92 Å². The number of hydrogen-bond donors (Lipinski definition) is 1. The van der Waals surface area contributed by atoms with Crippen LogP contribution < -0.4 is 10.1 Å². The number of aryl methyl sites for hydroxylation is 1. The van der Waals surface area contributed by atoms with Gasteiger partial charge in [0.2, 0.25) is 11.8 Å². The maximum absolute atomic E-state index is 5.60. The molecule has 0 fully saturated rings. The highest BCUT2D eigenvalue weighted by Crippen LogP contribution is 2.11. The molecule has 1 rings (SSSR count). The van der Waals surface area contributed by atoms with Crippen molar-refractivity contribution in [2.45, 2.75) is 26.7 Å². The summed E-state index contributed by atoms with van der Waals surface area (Å²) in [4.78, 5) is 8.52. The fraction of sp³-hybridized carbons (Fsp3) is 0.636. The maximum atomic E-state index is 5.60. The minimum atomic E-state index is 0.613. The molecule has 0 aromatic carbocycles. The molecule has 5 heteroatoms. The Morgan fingerprint density at radius 2 is 2.19 bits per heavy atom. The summed E-state index contributed by atoms with van der Waals surface area (Å²) in [5.41, 5.74) is 0.901. The van der Waals surface area contributed by atoms with Gasteiger partial charge in [-0.25, -0.2) is 4.98 Å². The van der Waals surface area contributed by atoms with E-state index >= 15 is 0 Å². The van der Waals surface area contributed by atoms with Gasteiger partial charge in [0.05, 0.1) is 6.61 Å². The first-order chi connectivity index (χ1) is 7.76. The van der Waals surface area contributed by atoms with Crippen molar-refractivity contribution in [1.29, 1.82) is 0 Å². The van der Waals surface area contributed by atoms with Gasteiger partial charge < -0.3 is 10.1 Å². The van der Waals surface area contributed by atoms with Gasteiger partial charge in [0.1, 0.15) is 0 Å². The highest BCUT2D eigenvalue weighted by atomic mass is 35.5. The average molecular weight is 244 g/mol. The lowest BCUT2D eigenvalue weighted by Gasteiger charge is -2.07. The van der Waals surface area contributed by atoms with E-state index in [4.69, 9.17) is 16.3 Å². The van der Waals surface area contributed by atoms with Crippen molar-refractivity contribution >= 4 is 17.5 Å². The van der Waals surface area contributed by atoms with Crippen LogP contribution in [0.5, 0.6) is 5.88 Å². The molecule has 16 heavy (non-hydrogen) atoms. The number of aromatic nitrogens is 2. The van der Waals surface area contributed by atoms with Gasteiger partial charge in [0, 0.05) is 24.2 Å². The molecule has 0 aliphatic carbocycles. The number of alkyl halides is 1. The smallest absolute Gasteiger partial charge is 0.226 e. The molecule has 1 aromatic rings. The minimum absolute atomic E-state index is 0.613. The number of nitrogens with one attached hydrogen (secondary N) is 1. The molecule has 0 spiro atoms. The molecule has 1 aromatic heterocycles. The number of unbranched alkanes of at least 4 members (excludes halogenated alkanes) is 1. The summed E-state index contributed by atoms with van der Waals surface area (Å²) in [5.74, 6) is 1.94. The van der Waals surface area contributed by atoms with E-state index in [0.717, 1.165) is 25.1 Å². The van der Waals surface area contributed by atoms with Crippen molar-refractivity contribution in [3.63, 3.8) is 0 Å². The summed E-state index contributed by atoms with van der Waals surface area (Å²) in [6.07, 6.45) is 2.02. The van der Waals surface area contributed by atoms with Crippen molar-refractivity contribution in [3.8, 4) is 5.88 Å². The van der Waals surface area contributed by atoms with E-state index in [1.807, 2.05) is 19.9 Å². The van der Waals surface area contributed by atoms with E-state index in [2.05, 4.69) is 15.3 Å². The Hall–Kier alpha value is -1.03. The number of ether oxygens (including phenoxy) is 1. The predicted octanol–water partition coefficient (Wildman–Crippen LogP) is 2.61. The molecule has 0 atom stereocenters. The summed E-state index contributed by atoms with van der Waals surface area (Å²) in [6, 6.07) is 1.83. The quantitative estimate of drug-likeness (QED) is 0.591. The van der Waals surface area contributed by atoms with E-state index in [0.29, 0.717) is 24.3 Å². The van der Waals surface area contributed by atoms with Crippen LogP contribution in [0.4, 0.5) is 5.95 Å². The maximum Gasteiger partial charge on any atom is 0.226 e. The Balaban J connectivity index is 2.51. The summed E-state index contributed by atoms with van der Waals surface area (Å²) >= 11 is 5.60. The van der Waals surface area contributed by atoms with E-state index < -0.39 is 0 Å². The molecule has 90 valence electrons. The van der Waals surface area contributed by atoms with Gasteiger partial charge >= 0.3 is 0 Å². The van der Waals surface area contributed by atoms with Crippen LogP contribution >= 0.6 is 11.6 Å². The second kappa shape index (κ2) is 7.28. The van der Waals surface area contributed by atoms with Gasteiger partial charge in [-0.3, -0.25) is 0 Å². The van der Waals surface area contributed by atoms with Crippen molar-refractivity contribution in [1.82, 2.24) is 9.97 Å². The second-order valence-electron chi connectivity index (χ2n) is 3.43. The van der Waals surface area contributed by atoms with Crippen molar-refractivity contribution < 1.29 is 4.74 Å². The summed E-state index contributed by atoms with van der Waals surface area (Å²) < 4.78 is 5.34. The predicted molar refractivity (Wildman–Crippen MR) is 66.4 cm³/mol. The normalized spacial score (nSPS) is 10.2. The van der Waals surface area contributed by atoms with Gasteiger partial charge in [-0.15, -0.1) is 11.6 Å². The van der Waals surface area contributed by atoms with Gasteiger partial charge in [0.15, 0.2) is 0 Å². The first-order valence-electron chi connectivity index (χ1n) is 5.54. The summed E-state index contributed by atoms with van der Waals surface area (Å²) in [5, 5.41) is 3.16. The standard InChI is InChI=1S/C11H18ClN3O/c1-3-16-10-8-9(2)14-11(15-10)13-7-5-4-6-12/h8H,3-7H2,1-2H3,(H,13,14,15). The van der Waals surface area contributed by atoms with Crippen molar-refractivity contribution in [2.75, 3.05) is 24.3 Å². The molecule has 0 aliphatic rings. The Labute approximate surface area is 101 Å². The molecule has 1 N–H and O–H groups in total.